The Morgan fingerprint density at radius 1 is 1.16 bits per heavy atom. The summed E-state index contributed by atoms with van der Waals surface area (Å²) >= 11 is 1.69. The highest BCUT2D eigenvalue weighted by Crippen LogP contribution is 2.23. The average molecular weight is 271 g/mol. The molecule has 4 heteroatoms. The van der Waals surface area contributed by atoms with Crippen LogP contribution in [-0.4, -0.2) is 14.6 Å². The quantitative estimate of drug-likeness (QED) is 0.718. The molecule has 2 heterocycles. The molecule has 3 aromatic rings. The predicted octanol–water partition coefficient (Wildman–Crippen LogP) is 3.97. The molecule has 0 saturated heterocycles. The molecule has 98 valence electrons. The summed E-state index contributed by atoms with van der Waals surface area (Å²) in [6, 6.07) is 8.61. The second-order valence-corrected chi connectivity index (χ2v) is 5.69. The van der Waals surface area contributed by atoms with Crippen LogP contribution in [-0.2, 0) is 12.8 Å². The number of hydrogen-bond acceptors (Lipinski definition) is 3. The molecule has 19 heavy (non-hydrogen) atoms. The fraction of sp³-hybridized carbons (Fsp3) is 0.333. The van der Waals surface area contributed by atoms with Crippen LogP contribution in [0, 0.1) is 0 Å². The molecular weight excluding hydrogens is 254 g/mol. The van der Waals surface area contributed by atoms with Crippen LogP contribution in [0.4, 0.5) is 0 Å². The SMILES string of the molecule is CCCc1nn2cc(-c3ccc(CC)cc3)nc2s1. The summed E-state index contributed by atoms with van der Waals surface area (Å²) in [5, 5.41) is 5.72. The second kappa shape index (κ2) is 5.13. The Balaban J connectivity index is 1.93. The van der Waals surface area contributed by atoms with Crippen molar-refractivity contribution in [3.05, 3.63) is 41.0 Å². The van der Waals surface area contributed by atoms with Gasteiger partial charge in [0.15, 0.2) is 0 Å². The standard InChI is InChI=1S/C15H17N3S/c1-3-5-14-17-18-10-13(16-15(18)19-14)12-8-6-11(4-2)7-9-12/h6-10H,3-5H2,1-2H3. The molecule has 0 aliphatic heterocycles. The molecule has 1 aromatic carbocycles. The van der Waals surface area contributed by atoms with Crippen LogP contribution in [0.1, 0.15) is 30.8 Å². The first-order valence-corrected chi connectivity index (χ1v) is 7.56. The van der Waals surface area contributed by atoms with Gasteiger partial charge in [-0.25, -0.2) is 9.50 Å². The number of benzene rings is 1. The normalized spacial score (nSPS) is 11.3. The smallest absolute Gasteiger partial charge is 0.212 e. The van der Waals surface area contributed by atoms with Gasteiger partial charge in [-0.15, -0.1) is 0 Å². The number of fused-ring (bicyclic) bond motifs is 1. The van der Waals surface area contributed by atoms with E-state index in [0.29, 0.717) is 0 Å². The Kier molecular flexibility index (Phi) is 3.34. The van der Waals surface area contributed by atoms with Gasteiger partial charge in [-0.1, -0.05) is 49.4 Å². The molecule has 0 fully saturated rings. The van der Waals surface area contributed by atoms with E-state index in [2.05, 4.69) is 48.2 Å². The van der Waals surface area contributed by atoms with E-state index in [-0.39, 0.29) is 0 Å². The van der Waals surface area contributed by atoms with Gasteiger partial charge in [0.2, 0.25) is 4.96 Å². The maximum Gasteiger partial charge on any atom is 0.212 e. The fourth-order valence-corrected chi connectivity index (χ4v) is 3.08. The molecule has 0 unspecified atom stereocenters. The van der Waals surface area contributed by atoms with Gasteiger partial charge in [0, 0.05) is 12.0 Å². The van der Waals surface area contributed by atoms with E-state index < -0.39 is 0 Å². The van der Waals surface area contributed by atoms with E-state index in [1.165, 1.54) is 5.56 Å². The molecule has 0 amide bonds. The Bertz CT molecular complexity index is 648. The summed E-state index contributed by atoms with van der Waals surface area (Å²) in [6.07, 6.45) is 5.25. The highest BCUT2D eigenvalue weighted by atomic mass is 32.1. The second-order valence-electron chi connectivity index (χ2n) is 4.65. The van der Waals surface area contributed by atoms with E-state index in [1.807, 2.05) is 10.7 Å². The Morgan fingerprint density at radius 3 is 2.58 bits per heavy atom. The summed E-state index contributed by atoms with van der Waals surface area (Å²) in [5.41, 5.74) is 3.52. The lowest BCUT2D eigenvalue weighted by Crippen LogP contribution is -1.85. The van der Waals surface area contributed by atoms with Crippen LogP contribution >= 0.6 is 11.3 Å². The number of aromatic nitrogens is 3. The molecule has 3 nitrogen and oxygen atoms in total. The minimum atomic E-state index is 0.984. The lowest BCUT2D eigenvalue weighted by Gasteiger charge is -1.98. The molecule has 2 aromatic heterocycles. The monoisotopic (exact) mass is 271 g/mol. The topological polar surface area (TPSA) is 30.2 Å². The first-order chi connectivity index (χ1) is 9.30. The minimum absolute atomic E-state index is 0.984. The number of imidazole rings is 1. The van der Waals surface area contributed by atoms with Gasteiger partial charge < -0.3 is 0 Å². The summed E-state index contributed by atoms with van der Waals surface area (Å²) in [5.74, 6) is 0. The number of aryl methyl sites for hydroxylation is 2. The first-order valence-electron chi connectivity index (χ1n) is 6.74. The van der Waals surface area contributed by atoms with Crippen LogP contribution in [0.25, 0.3) is 16.2 Å². The van der Waals surface area contributed by atoms with Crippen LogP contribution in [0.15, 0.2) is 30.5 Å². The molecular formula is C15H17N3S. The lowest BCUT2D eigenvalue weighted by molar-refractivity contribution is 0.849. The fourth-order valence-electron chi connectivity index (χ4n) is 2.11. The van der Waals surface area contributed by atoms with Crippen LogP contribution in [0.5, 0.6) is 0 Å². The zero-order chi connectivity index (χ0) is 13.2. The number of hydrogen-bond donors (Lipinski definition) is 0. The van der Waals surface area contributed by atoms with Crippen molar-refractivity contribution in [3.8, 4) is 11.3 Å². The maximum absolute atomic E-state index is 4.66. The van der Waals surface area contributed by atoms with Gasteiger partial charge in [-0.3, -0.25) is 0 Å². The van der Waals surface area contributed by atoms with Crippen molar-refractivity contribution in [1.82, 2.24) is 14.6 Å². The Labute approximate surface area is 116 Å². The third-order valence-corrected chi connectivity index (χ3v) is 4.19. The van der Waals surface area contributed by atoms with Crippen molar-refractivity contribution < 1.29 is 0 Å². The van der Waals surface area contributed by atoms with Crippen molar-refractivity contribution in [2.24, 2.45) is 0 Å². The molecule has 0 N–H and O–H groups in total. The molecule has 3 rings (SSSR count). The Hall–Kier alpha value is -1.68. The van der Waals surface area contributed by atoms with E-state index in [1.54, 1.807) is 11.3 Å². The van der Waals surface area contributed by atoms with E-state index >= 15 is 0 Å². The lowest BCUT2D eigenvalue weighted by atomic mass is 10.1. The van der Waals surface area contributed by atoms with Gasteiger partial charge in [0.1, 0.15) is 5.01 Å². The average Bonchev–Trinajstić information content (AvgIpc) is 2.97. The first kappa shape index (κ1) is 12.4. The third-order valence-electron chi connectivity index (χ3n) is 3.21. The van der Waals surface area contributed by atoms with Gasteiger partial charge in [-0.2, -0.15) is 5.10 Å². The van der Waals surface area contributed by atoms with Crippen LogP contribution in [0.3, 0.4) is 0 Å². The third kappa shape index (κ3) is 2.40. The minimum Gasteiger partial charge on any atom is -0.217 e. The zero-order valence-corrected chi connectivity index (χ0v) is 12.1. The van der Waals surface area contributed by atoms with Crippen molar-refractivity contribution in [3.63, 3.8) is 0 Å². The highest BCUT2D eigenvalue weighted by Gasteiger charge is 2.09. The van der Waals surface area contributed by atoms with Gasteiger partial charge in [-0.05, 0) is 18.4 Å². The molecule has 0 saturated carbocycles. The van der Waals surface area contributed by atoms with Crippen molar-refractivity contribution in [2.75, 3.05) is 0 Å². The van der Waals surface area contributed by atoms with Crippen LogP contribution < -0.4 is 0 Å². The number of nitrogens with zero attached hydrogens (tertiary/aromatic N) is 3. The van der Waals surface area contributed by atoms with E-state index in [0.717, 1.165) is 40.5 Å². The summed E-state index contributed by atoms with van der Waals surface area (Å²) in [4.78, 5) is 5.64. The predicted molar refractivity (Wildman–Crippen MR) is 79.7 cm³/mol. The zero-order valence-electron chi connectivity index (χ0n) is 11.3. The Morgan fingerprint density at radius 2 is 1.95 bits per heavy atom. The molecule has 0 bridgehead atoms. The summed E-state index contributed by atoms with van der Waals surface area (Å²) in [6.45, 7) is 4.34. The number of rotatable bonds is 4. The van der Waals surface area contributed by atoms with E-state index in [4.69, 9.17) is 0 Å². The van der Waals surface area contributed by atoms with Gasteiger partial charge in [0.25, 0.3) is 0 Å². The molecule has 0 spiro atoms. The molecule has 0 radical (unpaired) electrons. The molecule has 0 atom stereocenters. The van der Waals surface area contributed by atoms with E-state index in [9.17, 15) is 0 Å². The van der Waals surface area contributed by atoms with Crippen LogP contribution in [0.2, 0.25) is 0 Å². The largest absolute Gasteiger partial charge is 0.217 e. The highest BCUT2D eigenvalue weighted by molar-refractivity contribution is 7.16. The maximum atomic E-state index is 4.66. The van der Waals surface area contributed by atoms with Crippen molar-refractivity contribution >= 4 is 16.3 Å². The van der Waals surface area contributed by atoms with Crippen molar-refractivity contribution in [1.29, 1.82) is 0 Å². The van der Waals surface area contributed by atoms with Gasteiger partial charge in [0.05, 0.1) is 11.9 Å². The molecule has 0 aliphatic carbocycles. The molecule has 0 aliphatic rings. The summed E-state index contributed by atoms with van der Waals surface area (Å²) < 4.78 is 1.90. The van der Waals surface area contributed by atoms with Crippen molar-refractivity contribution in [2.45, 2.75) is 33.1 Å². The summed E-state index contributed by atoms with van der Waals surface area (Å²) in [7, 11) is 0. The van der Waals surface area contributed by atoms with Gasteiger partial charge >= 0.3 is 0 Å².